The number of amides is 2. The largest absolute Gasteiger partial charge is 0.493 e. The quantitative estimate of drug-likeness (QED) is 0.304. The van der Waals surface area contributed by atoms with E-state index in [4.69, 9.17) is 9.47 Å². The van der Waals surface area contributed by atoms with Gasteiger partial charge in [0.05, 0.1) is 19.7 Å². The highest BCUT2D eigenvalue weighted by atomic mass is 19.1. The molecule has 1 N–H and O–H groups in total. The molecule has 204 valence electrons. The number of anilines is 1. The highest BCUT2D eigenvalue weighted by Gasteiger charge is 2.36. The van der Waals surface area contributed by atoms with Gasteiger partial charge in [0.25, 0.3) is 0 Å². The number of hydrogen-bond donors (Lipinski definition) is 1. The molecule has 3 aromatic carbocycles. The van der Waals surface area contributed by atoms with Crippen LogP contribution < -0.4 is 19.7 Å². The zero-order valence-electron chi connectivity index (χ0n) is 22.4. The Hall–Kier alpha value is -4.47. The summed E-state index contributed by atoms with van der Waals surface area (Å²) in [7, 11) is 2.97. The lowest BCUT2D eigenvalue weighted by atomic mass is 10.0. The molecule has 0 saturated heterocycles. The molecular formula is C29H32FN5O4. The molecule has 2 amide bonds. The third kappa shape index (κ3) is 6.17. The molecule has 4 aromatic rings. The van der Waals surface area contributed by atoms with Gasteiger partial charge in [-0.2, -0.15) is 0 Å². The zero-order chi connectivity index (χ0) is 27.9. The van der Waals surface area contributed by atoms with Crippen LogP contribution in [-0.2, 0) is 16.1 Å². The average molecular weight is 534 g/mol. The number of benzene rings is 3. The van der Waals surface area contributed by atoms with Gasteiger partial charge in [-0.3, -0.25) is 14.5 Å². The van der Waals surface area contributed by atoms with E-state index in [-0.39, 0.29) is 6.54 Å². The second-order valence-corrected chi connectivity index (χ2v) is 9.43. The van der Waals surface area contributed by atoms with Crippen LogP contribution in [0.1, 0.15) is 31.9 Å². The molecular weight excluding hydrogens is 501 g/mol. The number of halogens is 1. The predicted octanol–water partition coefficient (Wildman–Crippen LogP) is 4.52. The summed E-state index contributed by atoms with van der Waals surface area (Å²) < 4.78 is 26.5. The molecule has 0 bridgehead atoms. The Balaban J connectivity index is 1.84. The number of nitrogens with one attached hydrogen (secondary N) is 1. The number of methoxy groups -OCH3 is 2. The van der Waals surface area contributed by atoms with Crippen molar-refractivity contribution in [3.63, 3.8) is 0 Å². The zero-order valence-corrected chi connectivity index (χ0v) is 22.4. The Morgan fingerprint density at radius 3 is 2.44 bits per heavy atom. The van der Waals surface area contributed by atoms with Gasteiger partial charge < -0.3 is 14.8 Å². The van der Waals surface area contributed by atoms with Crippen LogP contribution >= 0.6 is 0 Å². The molecule has 1 aromatic heterocycles. The van der Waals surface area contributed by atoms with Gasteiger partial charge in [-0.05, 0) is 54.8 Å². The first-order chi connectivity index (χ1) is 18.8. The van der Waals surface area contributed by atoms with Gasteiger partial charge in [0.2, 0.25) is 11.8 Å². The standard InChI is InChI=1S/C29H32FN5O4/c1-19(2)16-17-31-29(37)27(22-8-7-11-25(38-3)28(22)39-4)35(21-14-12-20(30)13-15-21)26(36)18-34-24-10-6-5-9-23(24)32-33-34/h5-15,19,27H,16-18H2,1-4H3,(H,31,37). The van der Waals surface area contributed by atoms with Crippen molar-refractivity contribution in [3.05, 3.63) is 78.1 Å². The van der Waals surface area contributed by atoms with Crippen LogP contribution in [0.15, 0.2) is 66.7 Å². The number of fused-ring (bicyclic) bond motifs is 1. The third-order valence-electron chi connectivity index (χ3n) is 6.33. The van der Waals surface area contributed by atoms with Gasteiger partial charge in [-0.25, -0.2) is 9.07 Å². The molecule has 0 fully saturated rings. The minimum atomic E-state index is -1.16. The topological polar surface area (TPSA) is 98.6 Å². The number of rotatable bonds is 11. The molecule has 0 saturated carbocycles. The van der Waals surface area contributed by atoms with E-state index in [0.717, 1.165) is 6.42 Å². The van der Waals surface area contributed by atoms with Crippen LogP contribution in [0.25, 0.3) is 11.0 Å². The van der Waals surface area contributed by atoms with Crippen molar-refractivity contribution in [2.45, 2.75) is 32.9 Å². The van der Waals surface area contributed by atoms with Gasteiger partial charge in [0.15, 0.2) is 11.5 Å². The van der Waals surface area contributed by atoms with Crippen LogP contribution in [-0.4, -0.2) is 47.6 Å². The smallest absolute Gasteiger partial charge is 0.249 e. The summed E-state index contributed by atoms with van der Waals surface area (Å²) in [6.07, 6.45) is 0.753. The number of aromatic nitrogens is 3. The Kier molecular flexibility index (Phi) is 8.75. The summed E-state index contributed by atoms with van der Waals surface area (Å²) in [5, 5.41) is 11.3. The number of ether oxygens (including phenoxy) is 2. The second kappa shape index (κ2) is 12.4. The van der Waals surface area contributed by atoms with E-state index in [2.05, 4.69) is 29.5 Å². The van der Waals surface area contributed by atoms with Gasteiger partial charge >= 0.3 is 0 Å². The van der Waals surface area contributed by atoms with E-state index in [9.17, 15) is 14.0 Å². The predicted molar refractivity (Wildman–Crippen MR) is 146 cm³/mol. The van der Waals surface area contributed by atoms with Crippen LogP contribution in [0.4, 0.5) is 10.1 Å². The first kappa shape index (κ1) is 27.6. The minimum Gasteiger partial charge on any atom is -0.493 e. The van der Waals surface area contributed by atoms with E-state index >= 15 is 0 Å². The van der Waals surface area contributed by atoms with Crippen LogP contribution in [0.2, 0.25) is 0 Å². The molecule has 0 aliphatic rings. The van der Waals surface area contributed by atoms with Crippen molar-refractivity contribution in [3.8, 4) is 11.5 Å². The van der Waals surface area contributed by atoms with Gasteiger partial charge in [0.1, 0.15) is 23.9 Å². The number of hydrogen-bond acceptors (Lipinski definition) is 6. The van der Waals surface area contributed by atoms with Crippen molar-refractivity contribution in [2.75, 3.05) is 25.7 Å². The van der Waals surface area contributed by atoms with E-state index in [1.807, 2.05) is 18.2 Å². The van der Waals surface area contributed by atoms with Crippen LogP contribution in [0.5, 0.6) is 11.5 Å². The summed E-state index contributed by atoms with van der Waals surface area (Å²) in [6.45, 7) is 4.33. The molecule has 1 atom stereocenters. The SMILES string of the molecule is COc1cccc(C(C(=O)NCCC(C)C)N(C(=O)Cn2nnc3ccccc32)c2ccc(F)cc2)c1OC. The fraction of sp³-hybridized carbons (Fsp3) is 0.310. The number of nitrogens with zero attached hydrogens (tertiary/aromatic N) is 4. The summed E-state index contributed by atoms with van der Waals surface area (Å²) in [6, 6.07) is 16.7. The lowest BCUT2D eigenvalue weighted by molar-refractivity contribution is -0.127. The Morgan fingerprint density at radius 1 is 1.00 bits per heavy atom. The normalized spacial score (nSPS) is 11.8. The summed E-state index contributed by atoms with van der Waals surface area (Å²) >= 11 is 0. The molecule has 10 heteroatoms. The fourth-order valence-corrected chi connectivity index (χ4v) is 4.38. The molecule has 0 radical (unpaired) electrons. The van der Waals surface area contributed by atoms with E-state index < -0.39 is 23.7 Å². The molecule has 0 aliphatic carbocycles. The molecule has 9 nitrogen and oxygen atoms in total. The molecule has 0 spiro atoms. The minimum absolute atomic E-state index is 0.208. The number of para-hydroxylation sites is 2. The molecule has 1 heterocycles. The molecule has 4 rings (SSSR count). The Bertz CT molecular complexity index is 1440. The Labute approximate surface area is 226 Å². The second-order valence-electron chi connectivity index (χ2n) is 9.43. The fourth-order valence-electron chi connectivity index (χ4n) is 4.38. The van der Waals surface area contributed by atoms with Gasteiger partial charge in [0, 0.05) is 17.8 Å². The lowest BCUT2D eigenvalue weighted by Gasteiger charge is -2.32. The Morgan fingerprint density at radius 2 is 1.74 bits per heavy atom. The highest BCUT2D eigenvalue weighted by Crippen LogP contribution is 2.39. The van der Waals surface area contributed by atoms with Crippen molar-refractivity contribution >= 4 is 28.5 Å². The average Bonchev–Trinajstić information content (AvgIpc) is 3.34. The summed E-state index contributed by atoms with van der Waals surface area (Å²) in [5.41, 5.74) is 2.05. The number of carbonyl (C=O) groups excluding carboxylic acids is 2. The highest BCUT2D eigenvalue weighted by molar-refractivity contribution is 6.02. The summed E-state index contributed by atoms with van der Waals surface area (Å²) in [5.74, 6) is -0.246. The maximum atomic E-state index is 14.1. The lowest BCUT2D eigenvalue weighted by Crippen LogP contribution is -2.45. The van der Waals surface area contributed by atoms with Crippen LogP contribution in [0, 0.1) is 11.7 Å². The van der Waals surface area contributed by atoms with Crippen molar-refractivity contribution in [1.29, 1.82) is 0 Å². The van der Waals surface area contributed by atoms with E-state index in [1.54, 1.807) is 24.3 Å². The first-order valence-corrected chi connectivity index (χ1v) is 12.7. The van der Waals surface area contributed by atoms with Gasteiger partial charge in [-0.1, -0.05) is 43.3 Å². The number of carbonyl (C=O) groups is 2. The molecule has 1 unspecified atom stereocenters. The maximum absolute atomic E-state index is 14.1. The van der Waals surface area contributed by atoms with Crippen LogP contribution in [0.3, 0.4) is 0 Å². The first-order valence-electron chi connectivity index (χ1n) is 12.7. The monoisotopic (exact) mass is 533 g/mol. The molecule has 0 aliphatic heterocycles. The van der Waals surface area contributed by atoms with Crippen molar-refractivity contribution in [1.82, 2.24) is 20.3 Å². The maximum Gasteiger partial charge on any atom is 0.249 e. The summed E-state index contributed by atoms with van der Waals surface area (Å²) in [4.78, 5) is 29.3. The third-order valence-corrected chi connectivity index (χ3v) is 6.33. The molecule has 39 heavy (non-hydrogen) atoms. The van der Waals surface area contributed by atoms with Crippen molar-refractivity contribution < 1.29 is 23.5 Å². The van der Waals surface area contributed by atoms with Crippen molar-refractivity contribution in [2.24, 2.45) is 5.92 Å². The van der Waals surface area contributed by atoms with E-state index in [1.165, 1.54) is 48.1 Å². The van der Waals surface area contributed by atoms with Gasteiger partial charge in [-0.15, -0.1) is 5.10 Å². The van der Waals surface area contributed by atoms with E-state index in [0.29, 0.717) is 46.2 Å².